The smallest absolute Gasteiger partial charge is 0.335 e. The van der Waals surface area contributed by atoms with Crippen molar-refractivity contribution in [3.05, 3.63) is 11.3 Å². The minimum absolute atomic E-state index is 0.239. The fourth-order valence-electron chi connectivity index (χ4n) is 2.54. The van der Waals surface area contributed by atoms with Crippen LogP contribution in [0.15, 0.2) is 11.3 Å². The van der Waals surface area contributed by atoms with Crippen molar-refractivity contribution in [1.82, 2.24) is 5.32 Å². The Morgan fingerprint density at radius 1 is 1.08 bits per heavy atom. The Hall–Kier alpha value is -0.379. The molecule has 0 amide bonds. The minimum atomic E-state index is -1.77. The molecule has 0 spiro atoms. The molecular formula is C17H39NO3Si3. The van der Waals surface area contributed by atoms with Gasteiger partial charge in [-0.15, -0.1) is 0 Å². The van der Waals surface area contributed by atoms with Crippen LogP contribution in [0.5, 0.6) is 0 Å². The van der Waals surface area contributed by atoms with Crippen molar-refractivity contribution in [3.63, 3.8) is 0 Å². The number of carboxylic acids is 1. The monoisotopic (exact) mass is 389 g/mol. The van der Waals surface area contributed by atoms with Crippen LogP contribution in [-0.2, 0) is 9.22 Å². The van der Waals surface area contributed by atoms with Gasteiger partial charge in [0, 0.05) is 30.3 Å². The SMILES string of the molecule is CNC(CCCC[SiH](C)C)=C(CO[Si](C)(C)CC[SiH](C)C)C(=O)O. The van der Waals surface area contributed by atoms with Gasteiger partial charge in [0.15, 0.2) is 8.32 Å². The van der Waals surface area contributed by atoms with E-state index in [2.05, 4.69) is 44.6 Å². The van der Waals surface area contributed by atoms with E-state index >= 15 is 0 Å². The maximum atomic E-state index is 11.7. The van der Waals surface area contributed by atoms with E-state index in [-0.39, 0.29) is 6.61 Å². The Bertz CT molecular complexity index is 410. The zero-order valence-electron chi connectivity index (χ0n) is 16.9. The molecule has 0 saturated heterocycles. The Morgan fingerprint density at radius 2 is 1.67 bits per heavy atom. The number of hydrogen-bond acceptors (Lipinski definition) is 3. The van der Waals surface area contributed by atoms with E-state index in [1.807, 2.05) is 7.05 Å². The zero-order valence-corrected chi connectivity index (χ0v) is 20.2. The molecule has 0 bridgehead atoms. The van der Waals surface area contributed by atoms with E-state index in [0.717, 1.165) is 24.6 Å². The molecule has 0 aliphatic heterocycles. The highest BCUT2D eigenvalue weighted by Gasteiger charge is 2.25. The summed E-state index contributed by atoms with van der Waals surface area (Å²) in [4.78, 5) is 11.7. The fourth-order valence-corrected chi connectivity index (χ4v) is 9.41. The summed E-state index contributed by atoms with van der Waals surface area (Å²) in [5, 5.41) is 12.7. The minimum Gasteiger partial charge on any atom is -0.478 e. The average molecular weight is 390 g/mol. The first-order valence-electron chi connectivity index (χ1n) is 9.36. The van der Waals surface area contributed by atoms with Crippen LogP contribution in [0, 0.1) is 0 Å². The Balaban J connectivity index is 4.74. The number of hydrogen-bond donors (Lipinski definition) is 2. The molecule has 0 atom stereocenters. The van der Waals surface area contributed by atoms with E-state index in [9.17, 15) is 9.90 Å². The molecule has 4 nitrogen and oxygen atoms in total. The van der Waals surface area contributed by atoms with Crippen molar-refractivity contribution < 1.29 is 14.3 Å². The van der Waals surface area contributed by atoms with Crippen LogP contribution in [0.3, 0.4) is 0 Å². The third-order valence-corrected chi connectivity index (χ3v) is 10.3. The van der Waals surface area contributed by atoms with Crippen LogP contribution in [0.25, 0.3) is 0 Å². The van der Waals surface area contributed by atoms with Crippen molar-refractivity contribution >= 4 is 31.9 Å². The van der Waals surface area contributed by atoms with Crippen molar-refractivity contribution in [2.24, 2.45) is 0 Å². The van der Waals surface area contributed by atoms with Crippen LogP contribution >= 0.6 is 0 Å². The van der Waals surface area contributed by atoms with Gasteiger partial charge in [-0.25, -0.2) is 4.79 Å². The molecule has 0 aromatic heterocycles. The molecule has 0 aromatic carbocycles. The third-order valence-electron chi connectivity index (χ3n) is 4.31. The lowest BCUT2D eigenvalue weighted by molar-refractivity contribution is -0.133. The maximum Gasteiger partial charge on any atom is 0.335 e. The summed E-state index contributed by atoms with van der Waals surface area (Å²) >= 11 is 0. The molecule has 0 heterocycles. The van der Waals surface area contributed by atoms with E-state index in [1.54, 1.807) is 0 Å². The van der Waals surface area contributed by atoms with Gasteiger partial charge in [0.05, 0.1) is 12.2 Å². The number of unbranched alkanes of at least 4 members (excludes halogenated alkanes) is 1. The standard InChI is InChI=1S/C17H39NO3Si3/c1-18-16(10-8-9-11-22(2)3)15(17(19)20)14-21-24(6,7)13-12-23(4)5/h18,22-23H,8-14H2,1-7H3,(H,19,20). The molecular weight excluding hydrogens is 350 g/mol. The molecule has 0 aliphatic carbocycles. The average Bonchev–Trinajstić information content (AvgIpc) is 2.47. The van der Waals surface area contributed by atoms with Gasteiger partial charge in [-0.1, -0.05) is 44.7 Å². The summed E-state index contributed by atoms with van der Waals surface area (Å²) in [5.41, 5.74) is 1.26. The Morgan fingerprint density at radius 3 is 2.12 bits per heavy atom. The fraction of sp³-hybridized carbons (Fsp3) is 0.824. The second-order valence-corrected chi connectivity index (χ2v) is 19.2. The van der Waals surface area contributed by atoms with E-state index in [1.165, 1.54) is 18.5 Å². The molecule has 0 aromatic rings. The normalized spacial score (nSPS) is 13.4. The lowest BCUT2D eigenvalue weighted by Crippen LogP contribution is -2.33. The largest absolute Gasteiger partial charge is 0.478 e. The molecule has 24 heavy (non-hydrogen) atoms. The summed E-state index contributed by atoms with van der Waals surface area (Å²) in [7, 11) is -1.03. The number of carbonyl (C=O) groups is 1. The molecule has 7 heteroatoms. The Kier molecular flexibility index (Phi) is 11.9. The number of allylic oxidation sites excluding steroid dienone is 1. The second kappa shape index (κ2) is 12.1. The molecule has 0 aliphatic rings. The van der Waals surface area contributed by atoms with Crippen molar-refractivity contribution in [2.45, 2.75) is 76.7 Å². The van der Waals surface area contributed by atoms with E-state index < -0.39 is 31.9 Å². The molecule has 0 rings (SSSR count). The quantitative estimate of drug-likeness (QED) is 0.285. The highest BCUT2D eigenvalue weighted by molar-refractivity contribution is 6.73. The van der Waals surface area contributed by atoms with E-state index in [0.29, 0.717) is 5.57 Å². The van der Waals surface area contributed by atoms with E-state index in [4.69, 9.17) is 4.43 Å². The second-order valence-electron chi connectivity index (χ2n) is 8.13. The first-order valence-corrected chi connectivity index (χ1v) is 18.7. The molecule has 2 N–H and O–H groups in total. The molecule has 0 unspecified atom stereocenters. The van der Waals surface area contributed by atoms with Crippen LogP contribution in [0.1, 0.15) is 19.3 Å². The zero-order chi connectivity index (χ0) is 18.8. The van der Waals surface area contributed by atoms with Gasteiger partial charge in [-0.2, -0.15) is 0 Å². The van der Waals surface area contributed by atoms with Crippen molar-refractivity contribution in [1.29, 1.82) is 0 Å². The predicted octanol–water partition coefficient (Wildman–Crippen LogP) is 3.91. The lowest BCUT2D eigenvalue weighted by Gasteiger charge is -2.24. The first kappa shape index (κ1) is 23.6. The summed E-state index contributed by atoms with van der Waals surface area (Å²) in [6, 6.07) is 3.75. The summed E-state index contributed by atoms with van der Waals surface area (Å²) < 4.78 is 6.12. The number of aliphatic carboxylic acids is 1. The van der Waals surface area contributed by atoms with Crippen LogP contribution in [0.2, 0.25) is 57.4 Å². The molecule has 0 saturated carbocycles. The van der Waals surface area contributed by atoms with Gasteiger partial charge >= 0.3 is 5.97 Å². The topological polar surface area (TPSA) is 58.6 Å². The first-order chi connectivity index (χ1) is 11.1. The molecule has 142 valence electrons. The molecule has 0 fully saturated rings. The van der Waals surface area contributed by atoms with Crippen LogP contribution < -0.4 is 5.32 Å². The van der Waals surface area contributed by atoms with Crippen molar-refractivity contribution in [2.75, 3.05) is 13.7 Å². The highest BCUT2D eigenvalue weighted by Crippen LogP contribution is 2.19. The van der Waals surface area contributed by atoms with Crippen LogP contribution in [-0.4, -0.2) is 50.6 Å². The van der Waals surface area contributed by atoms with Gasteiger partial charge < -0.3 is 14.8 Å². The predicted molar refractivity (Wildman–Crippen MR) is 113 cm³/mol. The summed E-state index contributed by atoms with van der Waals surface area (Å²) in [6.45, 7) is 14.1. The van der Waals surface area contributed by atoms with Gasteiger partial charge in [0.1, 0.15) is 0 Å². The molecule has 0 radical (unpaired) electrons. The number of rotatable bonds is 13. The number of carboxylic acid groups (broad SMARTS) is 1. The number of nitrogens with one attached hydrogen (secondary N) is 1. The Labute approximate surface area is 153 Å². The van der Waals surface area contributed by atoms with Crippen molar-refractivity contribution in [3.8, 4) is 0 Å². The van der Waals surface area contributed by atoms with Gasteiger partial charge in [0.25, 0.3) is 0 Å². The highest BCUT2D eigenvalue weighted by atomic mass is 28.4. The van der Waals surface area contributed by atoms with Gasteiger partial charge in [-0.3, -0.25) is 0 Å². The van der Waals surface area contributed by atoms with Gasteiger partial charge in [-0.05, 0) is 32.0 Å². The lowest BCUT2D eigenvalue weighted by atomic mass is 10.1. The van der Waals surface area contributed by atoms with Crippen LogP contribution in [0.4, 0.5) is 0 Å². The maximum absolute atomic E-state index is 11.7. The summed E-state index contributed by atoms with van der Waals surface area (Å²) in [6.07, 6.45) is 3.06. The third kappa shape index (κ3) is 11.2. The summed E-state index contributed by atoms with van der Waals surface area (Å²) in [5.74, 6) is -0.847. The van der Waals surface area contributed by atoms with Gasteiger partial charge in [0.2, 0.25) is 0 Å².